The first kappa shape index (κ1) is 16.7. The molecule has 1 fully saturated rings. The summed E-state index contributed by atoms with van der Waals surface area (Å²) in [7, 11) is -4.13. The smallest absolute Gasteiger partial charge is 0.327 e. The summed E-state index contributed by atoms with van der Waals surface area (Å²) in [6.45, 7) is 0.817. The van der Waals surface area contributed by atoms with Gasteiger partial charge in [0.15, 0.2) is 0 Å². The van der Waals surface area contributed by atoms with E-state index < -0.39 is 34.1 Å². The van der Waals surface area contributed by atoms with E-state index in [1.54, 1.807) is 6.07 Å². The van der Waals surface area contributed by atoms with Crippen molar-refractivity contribution in [1.82, 2.24) is 15.5 Å². The van der Waals surface area contributed by atoms with Gasteiger partial charge in [-0.25, -0.2) is 12.7 Å². The second-order valence-corrected chi connectivity index (χ2v) is 6.97. The van der Waals surface area contributed by atoms with Crippen molar-refractivity contribution >= 4 is 16.0 Å². The lowest BCUT2D eigenvalue weighted by Crippen LogP contribution is -2.42. The normalized spacial score (nSPS) is 18.7. The third-order valence-corrected chi connectivity index (χ3v) is 5.37. The Balaban J connectivity index is 2.06. The number of nitrogens with one attached hydrogen (secondary N) is 1. The molecule has 7 nitrogen and oxygen atoms in total. The molecule has 0 spiro atoms. The molecule has 0 bridgehead atoms. The summed E-state index contributed by atoms with van der Waals surface area (Å²) in [5.74, 6) is -2.21. The first-order valence-electron chi connectivity index (χ1n) is 7.01. The summed E-state index contributed by atoms with van der Waals surface area (Å²) < 4.78 is 68.8. The van der Waals surface area contributed by atoms with Gasteiger partial charge in [0.1, 0.15) is 0 Å². The van der Waals surface area contributed by atoms with E-state index in [1.807, 2.05) is 0 Å². The van der Waals surface area contributed by atoms with Crippen molar-refractivity contribution < 1.29 is 26.1 Å². The van der Waals surface area contributed by atoms with Gasteiger partial charge in [-0.15, -0.1) is 0 Å². The van der Waals surface area contributed by atoms with Crippen LogP contribution in [0.5, 0.6) is 0 Å². The van der Waals surface area contributed by atoms with Crippen LogP contribution in [0, 0.1) is 0 Å². The van der Waals surface area contributed by atoms with Gasteiger partial charge in [0.05, 0.1) is 10.9 Å². The molecule has 1 atom stereocenters. The van der Waals surface area contributed by atoms with Gasteiger partial charge in [-0.2, -0.15) is 18.2 Å². The van der Waals surface area contributed by atoms with Crippen LogP contribution in [-0.2, 0) is 16.2 Å². The minimum absolute atomic E-state index is 0.0599. The minimum atomic E-state index is -4.85. The van der Waals surface area contributed by atoms with Gasteiger partial charge in [-0.3, -0.25) is 0 Å². The molecule has 24 heavy (non-hydrogen) atoms. The molecule has 1 aromatic carbocycles. The predicted octanol–water partition coefficient (Wildman–Crippen LogP) is 1.65. The topological polar surface area (TPSA) is 88.3 Å². The van der Waals surface area contributed by atoms with E-state index >= 15 is 0 Å². The third kappa shape index (κ3) is 3.08. The highest BCUT2D eigenvalue weighted by atomic mass is 32.2. The highest BCUT2D eigenvalue weighted by Crippen LogP contribution is 2.31. The first-order chi connectivity index (χ1) is 11.3. The second-order valence-electron chi connectivity index (χ2n) is 5.16. The van der Waals surface area contributed by atoms with Crippen molar-refractivity contribution in [2.75, 3.05) is 17.4 Å². The summed E-state index contributed by atoms with van der Waals surface area (Å²) in [6.07, 6.45) is -4.43. The Kier molecular flexibility index (Phi) is 4.22. The molecule has 0 aliphatic carbocycles. The number of halogens is 3. The lowest BCUT2D eigenvalue weighted by molar-refractivity contribution is -0.159. The quantitative estimate of drug-likeness (QED) is 0.890. The molecule has 1 aliphatic rings. The molecule has 130 valence electrons. The van der Waals surface area contributed by atoms with Crippen LogP contribution in [0.2, 0.25) is 0 Å². The Hall–Kier alpha value is -2.14. The molecule has 0 amide bonds. The fraction of sp³-hybridized carbons (Fsp3) is 0.385. The lowest BCUT2D eigenvalue weighted by Gasteiger charge is -2.26. The second kappa shape index (κ2) is 6.06. The number of hydrogen-bond donors (Lipinski definition) is 1. The van der Waals surface area contributed by atoms with E-state index in [0.717, 1.165) is 4.31 Å². The SMILES string of the molecule is O=S(=O)(c1ccccc1)N(c1noc(C(F)(F)F)n1)[C@@H]1CCNC1. The van der Waals surface area contributed by atoms with E-state index in [-0.39, 0.29) is 11.4 Å². The monoisotopic (exact) mass is 362 g/mol. The van der Waals surface area contributed by atoms with Crippen molar-refractivity contribution in [3.63, 3.8) is 0 Å². The Morgan fingerprint density at radius 2 is 1.96 bits per heavy atom. The largest absolute Gasteiger partial charge is 0.471 e. The van der Waals surface area contributed by atoms with Crippen LogP contribution >= 0.6 is 0 Å². The van der Waals surface area contributed by atoms with E-state index in [9.17, 15) is 21.6 Å². The Morgan fingerprint density at radius 1 is 1.25 bits per heavy atom. The molecule has 1 aromatic heterocycles. The standard InChI is InChI=1S/C13H13F3N4O3S/c14-13(15,16)11-18-12(19-23-11)20(9-6-7-17-8-9)24(21,22)10-4-2-1-3-5-10/h1-5,9,17H,6-8H2/t9-/m1/s1. The Labute approximate surface area is 135 Å². The number of alkyl halides is 3. The zero-order valence-corrected chi connectivity index (χ0v) is 13.0. The Bertz CT molecular complexity index is 801. The van der Waals surface area contributed by atoms with Gasteiger partial charge in [-0.1, -0.05) is 18.2 Å². The van der Waals surface area contributed by atoms with Crippen molar-refractivity contribution in [3.8, 4) is 0 Å². The maximum absolute atomic E-state index is 12.9. The van der Waals surface area contributed by atoms with Crippen LogP contribution in [0.1, 0.15) is 12.3 Å². The lowest BCUT2D eigenvalue weighted by atomic mass is 10.3. The van der Waals surface area contributed by atoms with Crippen LogP contribution in [0.3, 0.4) is 0 Å². The molecule has 0 radical (unpaired) electrons. The number of rotatable bonds is 4. The van der Waals surface area contributed by atoms with Gasteiger partial charge in [-0.05, 0) is 30.3 Å². The summed E-state index contributed by atoms with van der Waals surface area (Å²) in [5.41, 5.74) is 0. The van der Waals surface area contributed by atoms with Gasteiger partial charge < -0.3 is 9.84 Å². The van der Waals surface area contributed by atoms with Crippen LogP contribution in [0.15, 0.2) is 39.8 Å². The number of anilines is 1. The number of aromatic nitrogens is 2. The molecule has 3 rings (SSSR count). The van der Waals surface area contributed by atoms with E-state index in [2.05, 4.69) is 20.0 Å². The van der Waals surface area contributed by atoms with E-state index in [4.69, 9.17) is 0 Å². The molecule has 0 saturated carbocycles. The zero-order valence-electron chi connectivity index (χ0n) is 12.2. The fourth-order valence-corrected chi connectivity index (χ4v) is 4.02. The molecule has 2 aromatic rings. The molecule has 0 unspecified atom stereocenters. The summed E-state index contributed by atoms with van der Waals surface area (Å²) in [5, 5.41) is 6.20. The average Bonchev–Trinajstić information content (AvgIpc) is 3.20. The van der Waals surface area contributed by atoms with Gasteiger partial charge >= 0.3 is 12.1 Å². The highest BCUT2D eigenvalue weighted by molar-refractivity contribution is 7.92. The number of nitrogens with zero attached hydrogens (tertiary/aromatic N) is 3. The van der Waals surface area contributed by atoms with E-state index in [0.29, 0.717) is 13.0 Å². The number of benzene rings is 1. The van der Waals surface area contributed by atoms with Crippen LogP contribution in [0.25, 0.3) is 0 Å². The molecule has 2 heterocycles. The van der Waals surface area contributed by atoms with Crippen molar-refractivity contribution in [1.29, 1.82) is 0 Å². The van der Waals surface area contributed by atoms with Gasteiger partial charge in [0.2, 0.25) is 0 Å². The van der Waals surface area contributed by atoms with Gasteiger partial charge in [0.25, 0.3) is 16.0 Å². The van der Waals surface area contributed by atoms with Crippen molar-refractivity contribution in [2.24, 2.45) is 0 Å². The maximum Gasteiger partial charge on any atom is 0.471 e. The van der Waals surface area contributed by atoms with Crippen LogP contribution in [-0.4, -0.2) is 37.7 Å². The van der Waals surface area contributed by atoms with Crippen molar-refractivity contribution in [3.05, 3.63) is 36.2 Å². The minimum Gasteiger partial charge on any atom is -0.327 e. The fourth-order valence-electron chi connectivity index (χ4n) is 2.43. The van der Waals surface area contributed by atoms with E-state index in [1.165, 1.54) is 24.3 Å². The van der Waals surface area contributed by atoms with Crippen LogP contribution in [0.4, 0.5) is 19.1 Å². The number of hydrogen-bond acceptors (Lipinski definition) is 6. The summed E-state index contributed by atoms with van der Waals surface area (Å²) >= 11 is 0. The predicted molar refractivity (Wildman–Crippen MR) is 76.7 cm³/mol. The average molecular weight is 362 g/mol. The molecule has 1 saturated heterocycles. The Morgan fingerprint density at radius 3 is 2.50 bits per heavy atom. The molecular weight excluding hydrogens is 349 g/mol. The van der Waals surface area contributed by atoms with Gasteiger partial charge in [0, 0.05) is 6.54 Å². The molecular formula is C13H13F3N4O3S. The number of sulfonamides is 1. The maximum atomic E-state index is 12.9. The summed E-state index contributed by atoms with van der Waals surface area (Å²) in [6, 6.07) is 6.79. The molecule has 1 N–H and O–H groups in total. The van der Waals surface area contributed by atoms with Crippen LogP contribution < -0.4 is 9.62 Å². The third-order valence-electron chi connectivity index (χ3n) is 3.52. The van der Waals surface area contributed by atoms with Crippen molar-refractivity contribution in [2.45, 2.75) is 23.5 Å². The molecule has 1 aliphatic heterocycles. The molecule has 11 heteroatoms. The summed E-state index contributed by atoms with van der Waals surface area (Å²) in [4.78, 5) is 3.17. The highest BCUT2D eigenvalue weighted by Gasteiger charge is 2.42. The zero-order chi connectivity index (χ0) is 17.4. The first-order valence-corrected chi connectivity index (χ1v) is 8.45.